The molecule has 1 N–H and O–H groups in total. The first-order valence-corrected chi connectivity index (χ1v) is 7.11. The first kappa shape index (κ1) is 14.4. The summed E-state index contributed by atoms with van der Waals surface area (Å²) in [6.07, 6.45) is 1.80. The van der Waals surface area contributed by atoms with Crippen LogP contribution in [0, 0.1) is 0 Å². The van der Waals surface area contributed by atoms with Crippen molar-refractivity contribution in [3.05, 3.63) is 53.7 Å². The van der Waals surface area contributed by atoms with Crippen molar-refractivity contribution in [3.8, 4) is 5.75 Å². The molecule has 2 aromatic rings. The van der Waals surface area contributed by atoms with Crippen LogP contribution in [-0.2, 0) is 6.61 Å². The van der Waals surface area contributed by atoms with Crippen molar-refractivity contribution < 1.29 is 4.74 Å². The average molecular weight is 270 g/mol. The van der Waals surface area contributed by atoms with Crippen LogP contribution in [0.2, 0.25) is 0 Å². The van der Waals surface area contributed by atoms with Gasteiger partial charge < -0.3 is 10.1 Å². The molecule has 0 saturated heterocycles. The van der Waals surface area contributed by atoms with Gasteiger partial charge in [-0.3, -0.25) is 0 Å². The van der Waals surface area contributed by atoms with Crippen molar-refractivity contribution in [2.75, 3.05) is 11.9 Å². The lowest BCUT2D eigenvalue weighted by Gasteiger charge is -2.15. The van der Waals surface area contributed by atoms with E-state index in [1.54, 1.807) is 6.20 Å². The minimum absolute atomic E-state index is 0.452. The highest BCUT2D eigenvalue weighted by Crippen LogP contribution is 2.27. The number of pyridine rings is 1. The zero-order valence-corrected chi connectivity index (χ0v) is 12.4. The van der Waals surface area contributed by atoms with Gasteiger partial charge in [0, 0.05) is 18.3 Å². The van der Waals surface area contributed by atoms with E-state index in [1.165, 1.54) is 5.56 Å². The molecule has 0 saturated carbocycles. The zero-order valence-electron chi connectivity index (χ0n) is 12.4. The Bertz CT molecular complexity index is 552. The SMILES string of the molecule is CCNc1ncccc1COc1ccccc1C(C)C. The number of benzene rings is 1. The van der Waals surface area contributed by atoms with Gasteiger partial charge in [-0.2, -0.15) is 0 Å². The molecule has 2 rings (SSSR count). The minimum atomic E-state index is 0.452. The Morgan fingerprint density at radius 1 is 1.15 bits per heavy atom. The van der Waals surface area contributed by atoms with Crippen molar-refractivity contribution in [3.63, 3.8) is 0 Å². The summed E-state index contributed by atoms with van der Waals surface area (Å²) in [7, 11) is 0. The molecule has 0 atom stereocenters. The van der Waals surface area contributed by atoms with Crippen LogP contribution in [0.15, 0.2) is 42.6 Å². The van der Waals surface area contributed by atoms with E-state index in [0.717, 1.165) is 23.7 Å². The Hall–Kier alpha value is -2.03. The molecule has 0 bridgehead atoms. The molecule has 0 spiro atoms. The van der Waals surface area contributed by atoms with E-state index in [1.807, 2.05) is 24.3 Å². The van der Waals surface area contributed by atoms with Gasteiger partial charge >= 0.3 is 0 Å². The van der Waals surface area contributed by atoms with E-state index in [9.17, 15) is 0 Å². The molecule has 0 unspecified atom stereocenters. The summed E-state index contributed by atoms with van der Waals surface area (Å²) < 4.78 is 5.99. The van der Waals surface area contributed by atoms with Crippen molar-refractivity contribution in [1.82, 2.24) is 4.98 Å². The molecule has 0 aliphatic heterocycles. The third-order valence-corrected chi connectivity index (χ3v) is 3.16. The molecule has 0 radical (unpaired) electrons. The number of nitrogens with one attached hydrogen (secondary N) is 1. The highest BCUT2D eigenvalue weighted by Gasteiger charge is 2.08. The zero-order chi connectivity index (χ0) is 14.4. The second kappa shape index (κ2) is 6.94. The summed E-state index contributed by atoms with van der Waals surface area (Å²) in [4.78, 5) is 4.35. The Morgan fingerprint density at radius 3 is 2.70 bits per heavy atom. The maximum absolute atomic E-state index is 5.99. The first-order valence-electron chi connectivity index (χ1n) is 7.11. The van der Waals surface area contributed by atoms with Crippen LogP contribution in [0.3, 0.4) is 0 Å². The molecule has 1 aromatic carbocycles. The van der Waals surface area contributed by atoms with E-state index in [2.05, 4.69) is 43.2 Å². The van der Waals surface area contributed by atoms with Crippen molar-refractivity contribution >= 4 is 5.82 Å². The maximum Gasteiger partial charge on any atom is 0.132 e. The van der Waals surface area contributed by atoms with Crippen LogP contribution in [0.5, 0.6) is 5.75 Å². The number of ether oxygens (including phenoxy) is 1. The summed E-state index contributed by atoms with van der Waals surface area (Å²) >= 11 is 0. The number of para-hydroxylation sites is 1. The first-order chi connectivity index (χ1) is 9.72. The van der Waals surface area contributed by atoms with Crippen molar-refractivity contribution in [2.45, 2.75) is 33.3 Å². The highest BCUT2D eigenvalue weighted by atomic mass is 16.5. The molecule has 0 fully saturated rings. The fraction of sp³-hybridized carbons (Fsp3) is 0.353. The van der Waals surface area contributed by atoms with E-state index >= 15 is 0 Å². The average Bonchev–Trinajstić information content (AvgIpc) is 2.47. The lowest BCUT2D eigenvalue weighted by molar-refractivity contribution is 0.302. The molecular formula is C17H22N2O. The second-order valence-corrected chi connectivity index (χ2v) is 5.02. The number of rotatable bonds is 6. The number of aromatic nitrogens is 1. The summed E-state index contributed by atoms with van der Waals surface area (Å²) in [5, 5.41) is 3.26. The molecular weight excluding hydrogens is 248 g/mol. The van der Waals surface area contributed by atoms with Crippen LogP contribution in [-0.4, -0.2) is 11.5 Å². The third-order valence-electron chi connectivity index (χ3n) is 3.16. The van der Waals surface area contributed by atoms with Crippen molar-refractivity contribution in [2.24, 2.45) is 0 Å². The summed E-state index contributed by atoms with van der Waals surface area (Å²) in [5.74, 6) is 2.30. The quantitative estimate of drug-likeness (QED) is 0.853. The molecule has 0 aliphatic carbocycles. The van der Waals surface area contributed by atoms with Gasteiger partial charge in [0.05, 0.1) is 0 Å². The van der Waals surface area contributed by atoms with Gasteiger partial charge in [0.15, 0.2) is 0 Å². The number of hydrogen-bond donors (Lipinski definition) is 1. The van der Waals surface area contributed by atoms with Gasteiger partial charge in [0.1, 0.15) is 18.2 Å². The monoisotopic (exact) mass is 270 g/mol. The largest absolute Gasteiger partial charge is 0.488 e. The molecule has 3 nitrogen and oxygen atoms in total. The normalized spacial score (nSPS) is 10.6. The fourth-order valence-electron chi connectivity index (χ4n) is 2.13. The van der Waals surface area contributed by atoms with Crippen LogP contribution in [0.4, 0.5) is 5.82 Å². The number of hydrogen-bond acceptors (Lipinski definition) is 3. The maximum atomic E-state index is 5.99. The van der Waals surface area contributed by atoms with Gasteiger partial charge in [-0.25, -0.2) is 4.98 Å². The molecule has 0 aliphatic rings. The highest BCUT2D eigenvalue weighted by molar-refractivity contribution is 5.44. The molecule has 1 heterocycles. The fourth-order valence-corrected chi connectivity index (χ4v) is 2.13. The smallest absolute Gasteiger partial charge is 0.132 e. The minimum Gasteiger partial charge on any atom is -0.488 e. The van der Waals surface area contributed by atoms with Crippen LogP contribution in [0.1, 0.15) is 37.8 Å². The lowest BCUT2D eigenvalue weighted by Crippen LogP contribution is -2.06. The Morgan fingerprint density at radius 2 is 1.95 bits per heavy atom. The van der Waals surface area contributed by atoms with Crippen LogP contribution >= 0.6 is 0 Å². The molecule has 0 amide bonds. The number of nitrogens with zero attached hydrogens (tertiary/aromatic N) is 1. The van der Waals surface area contributed by atoms with E-state index in [4.69, 9.17) is 4.74 Å². The Kier molecular flexibility index (Phi) is 4.99. The van der Waals surface area contributed by atoms with Gasteiger partial charge in [-0.1, -0.05) is 38.1 Å². The number of anilines is 1. The van der Waals surface area contributed by atoms with Gasteiger partial charge in [-0.15, -0.1) is 0 Å². The molecule has 3 heteroatoms. The Labute approximate surface area is 121 Å². The summed E-state index contributed by atoms with van der Waals surface area (Å²) in [6, 6.07) is 12.2. The van der Waals surface area contributed by atoms with E-state index in [0.29, 0.717) is 12.5 Å². The molecule has 20 heavy (non-hydrogen) atoms. The predicted molar refractivity (Wildman–Crippen MR) is 83.3 cm³/mol. The van der Waals surface area contributed by atoms with Crippen molar-refractivity contribution in [1.29, 1.82) is 0 Å². The van der Waals surface area contributed by atoms with Gasteiger partial charge in [0.25, 0.3) is 0 Å². The lowest BCUT2D eigenvalue weighted by atomic mass is 10.0. The van der Waals surface area contributed by atoms with E-state index < -0.39 is 0 Å². The third kappa shape index (κ3) is 3.50. The summed E-state index contributed by atoms with van der Waals surface area (Å²) in [5.41, 5.74) is 2.31. The Balaban J connectivity index is 2.13. The van der Waals surface area contributed by atoms with Crippen LogP contribution < -0.4 is 10.1 Å². The molecule has 1 aromatic heterocycles. The van der Waals surface area contributed by atoms with Gasteiger partial charge in [-0.05, 0) is 30.5 Å². The van der Waals surface area contributed by atoms with Gasteiger partial charge in [0.2, 0.25) is 0 Å². The standard InChI is InChI=1S/C17H22N2O/c1-4-18-17-14(8-7-11-19-17)12-20-16-10-6-5-9-15(16)13(2)3/h5-11,13H,4,12H2,1-3H3,(H,18,19). The summed E-state index contributed by atoms with van der Waals surface area (Å²) in [6.45, 7) is 7.80. The topological polar surface area (TPSA) is 34.2 Å². The van der Waals surface area contributed by atoms with E-state index in [-0.39, 0.29) is 0 Å². The second-order valence-electron chi connectivity index (χ2n) is 5.02. The predicted octanol–water partition coefficient (Wildman–Crippen LogP) is 4.22. The van der Waals surface area contributed by atoms with Crippen LogP contribution in [0.25, 0.3) is 0 Å². The molecule has 106 valence electrons.